The Hall–Kier alpha value is -1.85. The maximum Gasteiger partial charge on any atom is 0.308 e. The van der Waals surface area contributed by atoms with Crippen molar-refractivity contribution in [3.8, 4) is 0 Å². The molecule has 0 radical (unpaired) electrons. The average Bonchev–Trinajstić information content (AvgIpc) is 2.80. The van der Waals surface area contributed by atoms with Crippen LogP contribution in [0.1, 0.15) is 37.6 Å². The van der Waals surface area contributed by atoms with Crippen LogP contribution in [0.15, 0.2) is 6.07 Å². The first-order valence-electron chi connectivity index (χ1n) is 7.90. The molecule has 0 saturated carbocycles. The van der Waals surface area contributed by atoms with Gasteiger partial charge in [-0.3, -0.25) is 14.3 Å². The SMILES string of the molecule is Cc1cc(C)n(CCC(=O)OCC(=O)N2CCCC(C)C2)n1. The van der Waals surface area contributed by atoms with Crippen LogP contribution in [0.5, 0.6) is 0 Å². The van der Waals surface area contributed by atoms with E-state index >= 15 is 0 Å². The number of hydrogen-bond donors (Lipinski definition) is 0. The second kappa shape index (κ2) is 7.42. The summed E-state index contributed by atoms with van der Waals surface area (Å²) in [5, 5.41) is 4.29. The second-order valence-electron chi connectivity index (χ2n) is 6.15. The van der Waals surface area contributed by atoms with E-state index in [2.05, 4.69) is 12.0 Å². The monoisotopic (exact) mass is 307 g/mol. The zero-order valence-corrected chi connectivity index (χ0v) is 13.7. The number of likely N-dealkylation sites (tertiary alicyclic amines) is 1. The van der Waals surface area contributed by atoms with Gasteiger partial charge in [-0.05, 0) is 38.7 Å². The summed E-state index contributed by atoms with van der Waals surface area (Å²) in [5.41, 5.74) is 1.95. The third kappa shape index (κ3) is 4.58. The van der Waals surface area contributed by atoms with Crippen LogP contribution >= 0.6 is 0 Å². The molecule has 1 fully saturated rings. The summed E-state index contributed by atoms with van der Waals surface area (Å²) in [6.45, 7) is 7.87. The molecule has 1 aromatic rings. The standard InChI is InChI=1S/C16H25N3O3/c1-12-5-4-7-18(10-12)15(20)11-22-16(21)6-8-19-14(3)9-13(2)17-19/h9,12H,4-8,10-11H2,1-3H3. The number of nitrogens with zero attached hydrogens (tertiary/aromatic N) is 3. The summed E-state index contributed by atoms with van der Waals surface area (Å²) in [4.78, 5) is 25.6. The van der Waals surface area contributed by atoms with Gasteiger partial charge in [-0.25, -0.2) is 0 Å². The highest BCUT2D eigenvalue weighted by atomic mass is 16.5. The lowest BCUT2D eigenvalue weighted by Gasteiger charge is -2.30. The Kier molecular flexibility index (Phi) is 5.57. The van der Waals surface area contributed by atoms with Gasteiger partial charge in [-0.2, -0.15) is 5.10 Å². The molecule has 0 bridgehead atoms. The number of aromatic nitrogens is 2. The molecule has 0 spiro atoms. The van der Waals surface area contributed by atoms with Crippen LogP contribution in [0, 0.1) is 19.8 Å². The van der Waals surface area contributed by atoms with Crippen LogP contribution in [-0.2, 0) is 20.9 Å². The first-order chi connectivity index (χ1) is 10.5. The molecule has 1 aliphatic heterocycles. The molecule has 1 aromatic heterocycles. The fourth-order valence-corrected chi connectivity index (χ4v) is 2.82. The van der Waals surface area contributed by atoms with Crippen molar-refractivity contribution in [1.82, 2.24) is 14.7 Å². The maximum absolute atomic E-state index is 12.0. The summed E-state index contributed by atoms with van der Waals surface area (Å²) in [6, 6.07) is 1.96. The smallest absolute Gasteiger partial charge is 0.308 e. The molecular formula is C16H25N3O3. The van der Waals surface area contributed by atoms with E-state index in [1.54, 1.807) is 9.58 Å². The molecule has 1 amide bonds. The van der Waals surface area contributed by atoms with Crippen molar-refractivity contribution in [2.24, 2.45) is 5.92 Å². The Balaban J connectivity index is 1.71. The van der Waals surface area contributed by atoms with Crippen molar-refractivity contribution in [2.45, 2.75) is 46.6 Å². The Bertz CT molecular complexity index is 539. The molecule has 22 heavy (non-hydrogen) atoms. The normalized spacial score (nSPS) is 18.3. The predicted octanol–water partition coefficient (Wildman–Crippen LogP) is 1.69. The van der Waals surface area contributed by atoms with E-state index in [1.165, 1.54) is 0 Å². The first-order valence-corrected chi connectivity index (χ1v) is 7.90. The third-order valence-corrected chi connectivity index (χ3v) is 4.00. The van der Waals surface area contributed by atoms with Crippen molar-refractivity contribution in [3.05, 3.63) is 17.5 Å². The lowest BCUT2D eigenvalue weighted by atomic mass is 10.0. The highest BCUT2D eigenvalue weighted by molar-refractivity contribution is 5.80. The maximum atomic E-state index is 12.0. The average molecular weight is 307 g/mol. The summed E-state index contributed by atoms with van der Waals surface area (Å²) < 4.78 is 6.87. The van der Waals surface area contributed by atoms with Crippen LogP contribution in [-0.4, -0.2) is 46.3 Å². The van der Waals surface area contributed by atoms with Gasteiger partial charge >= 0.3 is 5.97 Å². The number of rotatable bonds is 5. The van der Waals surface area contributed by atoms with Crippen molar-refractivity contribution >= 4 is 11.9 Å². The van der Waals surface area contributed by atoms with Gasteiger partial charge in [-0.1, -0.05) is 6.92 Å². The Morgan fingerprint density at radius 3 is 2.82 bits per heavy atom. The van der Waals surface area contributed by atoms with Crippen molar-refractivity contribution in [3.63, 3.8) is 0 Å². The minimum atomic E-state index is -0.356. The molecule has 0 N–H and O–H groups in total. The van der Waals surface area contributed by atoms with Gasteiger partial charge in [0.1, 0.15) is 0 Å². The molecule has 1 unspecified atom stereocenters. The number of ether oxygens (including phenoxy) is 1. The molecule has 2 heterocycles. The summed E-state index contributed by atoms with van der Waals surface area (Å²) in [6.07, 6.45) is 2.41. The fraction of sp³-hybridized carbons (Fsp3) is 0.688. The number of carbonyl (C=O) groups excluding carboxylic acids is 2. The van der Waals surface area contributed by atoms with E-state index < -0.39 is 0 Å². The highest BCUT2D eigenvalue weighted by Crippen LogP contribution is 2.15. The Labute approximate surface area is 131 Å². The number of carbonyl (C=O) groups is 2. The predicted molar refractivity (Wildman–Crippen MR) is 82.3 cm³/mol. The molecule has 1 atom stereocenters. The zero-order chi connectivity index (χ0) is 16.1. The molecule has 2 rings (SSSR count). The van der Waals surface area contributed by atoms with E-state index in [0.29, 0.717) is 12.5 Å². The number of aryl methyl sites for hydroxylation is 3. The highest BCUT2D eigenvalue weighted by Gasteiger charge is 2.21. The van der Waals surface area contributed by atoms with Crippen LogP contribution in [0.2, 0.25) is 0 Å². The van der Waals surface area contributed by atoms with E-state index in [-0.39, 0.29) is 24.9 Å². The van der Waals surface area contributed by atoms with Gasteiger partial charge in [0.2, 0.25) is 0 Å². The lowest BCUT2D eigenvalue weighted by molar-refractivity contribution is -0.152. The summed E-state index contributed by atoms with van der Waals surface area (Å²) >= 11 is 0. The Morgan fingerprint density at radius 2 is 2.18 bits per heavy atom. The number of esters is 1. The third-order valence-electron chi connectivity index (χ3n) is 4.00. The number of piperidine rings is 1. The van der Waals surface area contributed by atoms with E-state index in [1.807, 2.05) is 19.9 Å². The molecule has 1 aliphatic rings. The second-order valence-corrected chi connectivity index (χ2v) is 6.15. The van der Waals surface area contributed by atoms with Crippen LogP contribution in [0.4, 0.5) is 0 Å². The minimum Gasteiger partial charge on any atom is -0.456 e. The van der Waals surface area contributed by atoms with E-state index in [9.17, 15) is 9.59 Å². The van der Waals surface area contributed by atoms with Gasteiger partial charge in [-0.15, -0.1) is 0 Å². The van der Waals surface area contributed by atoms with Crippen molar-refractivity contribution < 1.29 is 14.3 Å². The van der Waals surface area contributed by atoms with Crippen LogP contribution < -0.4 is 0 Å². The van der Waals surface area contributed by atoms with Gasteiger partial charge in [0.25, 0.3) is 5.91 Å². The van der Waals surface area contributed by atoms with Crippen molar-refractivity contribution in [1.29, 1.82) is 0 Å². The molecule has 122 valence electrons. The number of amides is 1. The fourth-order valence-electron chi connectivity index (χ4n) is 2.82. The number of hydrogen-bond acceptors (Lipinski definition) is 4. The summed E-state index contributed by atoms with van der Waals surface area (Å²) in [5.74, 6) is 0.0800. The molecule has 0 aromatic carbocycles. The van der Waals surface area contributed by atoms with Crippen molar-refractivity contribution in [2.75, 3.05) is 19.7 Å². The topological polar surface area (TPSA) is 64.4 Å². The molecule has 6 heteroatoms. The Morgan fingerprint density at radius 1 is 1.41 bits per heavy atom. The van der Waals surface area contributed by atoms with E-state index in [0.717, 1.165) is 37.3 Å². The first kappa shape index (κ1) is 16.5. The van der Waals surface area contributed by atoms with Gasteiger partial charge in [0.05, 0.1) is 18.7 Å². The minimum absolute atomic E-state index is 0.0917. The quantitative estimate of drug-likeness (QED) is 0.777. The molecule has 1 saturated heterocycles. The largest absolute Gasteiger partial charge is 0.456 e. The zero-order valence-electron chi connectivity index (χ0n) is 13.7. The molecule has 0 aliphatic carbocycles. The van der Waals surface area contributed by atoms with Gasteiger partial charge in [0, 0.05) is 18.8 Å². The lowest BCUT2D eigenvalue weighted by Crippen LogP contribution is -2.41. The van der Waals surface area contributed by atoms with Crippen LogP contribution in [0.25, 0.3) is 0 Å². The molecule has 6 nitrogen and oxygen atoms in total. The summed E-state index contributed by atoms with van der Waals surface area (Å²) in [7, 11) is 0. The molecular weight excluding hydrogens is 282 g/mol. The van der Waals surface area contributed by atoms with E-state index in [4.69, 9.17) is 4.74 Å². The van der Waals surface area contributed by atoms with Gasteiger partial charge in [0.15, 0.2) is 6.61 Å². The van der Waals surface area contributed by atoms with Gasteiger partial charge < -0.3 is 9.64 Å². The van der Waals surface area contributed by atoms with Crippen LogP contribution in [0.3, 0.4) is 0 Å².